The topological polar surface area (TPSA) is 75.3 Å². The van der Waals surface area contributed by atoms with Gasteiger partial charge < -0.3 is 5.32 Å². The van der Waals surface area contributed by atoms with Gasteiger partial charge in [-0.15, -0.1) is 0 Å². The molecule has 0 heterocycles. The summed E-state index contributed by atoms with van der Waals surface area (Å²) in [7, 11) is -4.15. The highest BCUT2D eigenvalue weighted by Crippen LogP contribution is 2.36. The zero-order valence-corrected chi connectivity index (χ0v) is 19.9. The minimum absolute atomic E-state index is 0.0859. The van der Waals surface area contributed by atoms with Gasteiger partial charge in [0.15, 0.2) is 0 Å². The number of hydrogen-bond acceptors (Lipinski definition) is 3. The third kappa shape index (κ3) is 6.80. The number of nitrogens with one attached hydrogen (secondary N) is 2. The average molecular weight is 562 g/mol. The summed E-state index contributed by atoms with van der Waals surface area (Å²) in [6.07, 6.45) is -4.86. The molecule has 0 saturated carbocycles. The van der Waals surface area contributed by atoms with Gasteiger partial charge in [0.2, 0.25) is 15.9 Å². The smallest absolute Gasteiger partial charge is 0.324 e. The molecule has 0 aliphatic heterocycles. The number of carbonyl (C=O) groups excluding carboxylic acids is 1. The number of carbonyl (C=O) groups is 1. The van der Waals surface area contributed by atoms with E-state index in [1.165, 1.54) is 30.3 Å². The summed E-state index contributed by atoms with van der Waals surface area (Å²) in [5.41, 5.74) is -1.06. The van der Waals surface area contributed by atoms with Crippen molar-refractivity contribution in [1.82, 2.24) is 4.72 Å². The van der Waals surface area contributed by atoms with Crippen molar-refractivity contribution in [2.45, 2.75) is 23.5 Å². The quantitative estimate of drug-likeness (QED) is 0.392. The maximum Gasteiger partial charge on any atom is 0.418 e. The SMILES string of the molecule is O=C(Nc1ccc(Cl)cc1C(F)(F)F)[C@@H](Cc1ccccc1)NS(=O)(=O)c1ccc(Br)cc1. The van der Waals surface area contributed by atoms with Gasteiger partial charge in [-0.1, -0.05) is 57.9 Å². The van der Waals surface area contributed by atoms with Gasteiger partial charge in [0, 0.05) is 9.50 Å². The lowest BCUT2D eigenvalue weighted by Crippen LogP contribution is -2.45. The van der Waals surface area contributed by atoms with E-state index < -0.39 is 39.4 Å². The maximum absolute atomic E-state index is 13.4. The van der Waals surface area contributed by atoms with Crippen LogP contribution in [-0.2, 0) is 27.4 Å². The number of benzene rings is 3. The van der Waals surface area contributed by atoms with E-state index in [4.69, 9.17) is 11.6 Å². The van der Waals surface area contributed by atoms with Crippen LogP contribution >= 0.6 is 27.5 Å². The molecule has 0 unspecified atom stereocenters. The minimum Gasteiger partial charge on any atom is -0.324 e. The highest BCUT2D eigenvalue weighted by Gasteiger charge is 2.35. The largest absolute Gasteiger partial charge is 0.418 e. The fourth-order valence-corrected chi connectivity index (χ4v) is 4.62. The second-order valence-corrected chi connectivity index (χ2v) is 10.1. The third-order valence-electron chi connectivity index (χ3n) is 4.57. The number of amides is 1. The summed E-state index contributed by atoms with van der Waals surface area (Å²) in [6, 6.07) is 15.7. The first kappa shape index (κ1) is 25.2. The lowest BCUT2D eigenvalue weighted by molar-refractivity contribution is -0.137. The van der Waals surface area contributed by atoms with Crippen molar-refractivity contribution in [3.63, 3.8) is 0 Å². The Hall–Kier alpha value is -2.40. The van der Waals surface area contributed by atoms with Crippen LogP contribution in [0.15, 0.2) is 82.2 Å². The van der Waals surface area contributed by atoms with Crippen LogP contribution in [0.3, 0.4) is 0 Å². The Morgan fingerprint density at radius 3 is 2.24 bits per heavy atom. The third-order valence-corrected chi connectivity index (χ3v) is 6.82. The zero-order chi connectivity index (χ0) is 24.2. The molecule has 0 aliphatic rings. The number of halogens is 5. The van der Waals surface area contributed by atoms with Crippen molar-refractivity contribution in [2.24, 2.45) is 0 Å². The Kier molecular flexibility index (Phi) is 7.84. The summed E-state index contributed by atoms with van der Waals surface area (Å²) in [5.74, 6) is -0.952. The lowest BCUT2D eigenvalue weighted by Gasteiger charge is -2.20. The first-order valence-corrected chi connectivity index (χ1v) is 12.1. The molecule has 3 aromatic rings. The van der Waals surface area contributed by atoms with Crippen LogP contribution in [0.4, 0.5) is 18.9 Å². The number of anilines is 1. The van der Waals surface area contributed by atoms with Crippen molar-refractivity contribution in [3.05, 3.63) is 93.4 Å². The van der Waals surface area contributed by atoms with Crippen LogP contribution in [0, 0.1) is 0 Å². The summed E-state index contributed by atoms with van der Waals surface area (Å²) in [6.45, 7) is 0. The highest BCUT2D eigenvalue weighted by atomic mass is 79.9. The monoisotopic (exact) mass is 560 g/mol. The number of sulfonamides is 1. The maximum atomic E-state index is 13.4. The van der Waals surface area contributed by atoms with Crippen LogP contribution in [0.2, 0.25) is 5.02 Å². The Morgan fingerprint density at radius 1 is 1.00 bits per heavy atom. The van der Waals surface area contributed by atoms with E-state index in [2.05, 4.69) is 26.0 Å². The van der Waals surface area contributed by atoms with Gasteiger partial charge in [-0.2, -0.15) is 17.9 Å². The average Bonchev–Trinajstić information content (AvgIpc) is 2.74. The molecule has 0 saturated heterocycles. The summed E-state index contributed by atoms with van der Waals surface area (Å²) in [4.78, 5) is 12.9. The Labute approximate surface area is 202 Å². The van der Waals surface area contributed by atoms with Crippen molar-refractivity contribution in [3.8, 4) is 0 Å². The molecule has 0 radical (unpaired) electrons. The molecule has 3 rings (SSSR count). The molecule has 3 aromatic carbocycles. The second-order valence-electron chi connectivity index (χ2n) is 6.99. The molecule has 5 nitrogen and oxygen atoms in total. The Morgan fingerprint density at radius 2 is 1.64 bits per heavy atom. The van der Waals surface area contributed by atoms with Crippen LogP contribution in [0.25, 0.3) is 0 Å². The molecule has 1 atom stereocenters. The van der Waals surface area contributed by atoms with E-state index in [9.17, 15) is 26.4 Å². The van der Waals surface area contributed by atoms with Gasteiger partial charge in [-0.05, 0) is 54.4 Å². The van der Waals surface area contributed by atoms with Gasteiger partial charge in [-0.3, -0.25) is 4.79 Å². The van der Waals surface area contributed by atoms with Gasteiger partial charge in [0.25, 0.3) is 0 Å². The molecule has 0 bridgehead atoms. The van der Waals surface area contributed by atoms with E-state index in [0.29, 0.717) is 16.1 Å². The summed E-state index contributed by atoms with van der Waals surface area (Å²) in [5, 5.41) is 2.04. The van der Waals surface area contributed by atoms with E-state index in [1.807, 2.05) is 0 Å². The second kappa shape index (κ2) is 10.3. The van der Waals surface area contributed by atoms with E-state index >= 15 is 0 Å². The van der Waals surface area contributed by atoms with Crippen molar-refractivity contribution >= 4 is 49.1 Å². The standard InChI is InChI=1S/C22H17BrClF3N2O3S/c23-15-6-9-17(10-7-15)33(31,32)29-20(12-14-4-2-1-3-5-14)21(30)28-19-11-8-16(24)13-18(19)22(25,26)27/h1-11,13,20,29H,12H2,(H,28,30)/t20-/m1/s1. The predicted molar refractivity (Wildman–Crippen MR) is 123 cm³/mol. The number of alkyl halides is 3. The highest BCUT2D eigenvalue weighted by molar-refractivity contribution is 9.10. The molecule has 174 valence electrons. The molecule has 0 fully saturated rings. The number of rotatable bonds is 7. The summed E-state index contributed by atoms with van der Waals surface area (Å²) < 4.78 is 69.0. The normalized spacial score (nSPS) is 12.9. The minimum atomic E-state index is -4.78. The molecular weight excluding hydrogens is 545 g/mol. The molecule has 0 spiro atoms. The predicted octanol–water partition coefficient (Wildman–Crippen LogP) is 5.65. The number of hydrogen-bond donors (Lipinski definition) is 2. The molecule has 0 aliphatic carbocycles. The molecule has 33 heavy (non-hydrogen) atoms. The molecule has 2 N–H and O–H groups in total. The van der Waals surface area contributed by atoms with Crippen LogP contribution in [0.1, 0.15) is 11.1 Å². The van der Waals surface area contributed by atoms with Gasteiger partial charge in [0.1, 0.15) is 6.04 Å². The van der Waals surface area contributed by atoms with E-state index in [0.717, 1.165) is 6.07 Å². The van der Waals surface area contributed by atoms with Crippen molar-refractivity contribution in [2.75, 3.05) is 5.32 Å². The van der Waals surface area contributed by atoms with Crippen molar-refractivity contribution < 1.29 is 26.4 Å². The lowest BCUT2D eigenvalue weighted by atomic mass is 10.1. The van der Waals surface area contributed by atoms with Crippen LogP contribution < -0.4 is 10.0 Å². The van der Waals surface area contributed by atoms with E-state index in [1.54, 1.807) is 30.3 Å². The molecule has 1 amide bonds. The molecule has 11 heteroatoms. The first-order chi connectivity index (χ1) is 15.5. The van der Waals surface area contributed by atoms with Crippen molar-refractivity contribution in [1.29, 1.82) is 0 Å². The van der Waals surface area contributed by atoms with Crippen LogP contribution in [-0.4, -0.2) is 20.4 Å². The molecule has 0 aromatic heterocycles. The summed E-state index contributed by atoms with van der Waals surface area (Å²) >= 11 is 8.90. The molecular formula is C22H17BrClF3N2O3S. The fourth-order valence-electron chi connectivity index (χ4n) is 2.99. The van der Waals surface area contributed by atoms with Gasteiger partial charge >= 0.3 is 6.18 Å². The van der Waals surface area contributed by atoms with Gasteiger partial charge in [0.05, 0.1) is 16.1 Å². The van der Waals surface area contributed by atoms with Gasteiger partial charge in [-0.25, -0.2) is 8.42 Å². The Balaban J connectivity index is 1.93. The first-order valence-electron chi connectivity index (χ1n) is 9.45. The van der Waals surface area contributed by atoms with Crippen LogP contribution in [0.5, 0.6) is 0 Å². The Bertz CT molecular complexity index is 1240. The zero-order valence-electron chi connectivity index (χ0n) is 16.7. The van der Waals surface area contributed by atoms with E-state index in [-0.39, 0.29) is 16.3 Å². The fraction of sp³-hybridized carbons (Fsp3) is 0.136.